The molecule has 0 aliphatic rings. The molecule has 0 spiro atoms. The van der Waals surface area contributed by atoms with Gasteiger partial charge >= 0.3 is 0 Å². The summed E-state index contributed by atoms with van der Waals surface area (Å²) in [7, 11) is 3.46. The van der Waals surface area contributed by atoms with Gasteiger partial charge in [-0.2, -0.15) is 0 Å². The van der Waals surface area contributed by atoms with Crippen molar-refractivity contribution in [3.05, 3.63) is 53.9 Å². The summed E-state index contributed by atoms with van der Waals surface area (Å²) in [5.74, 6) is 0.180. The quantitative estimate of drug-likeness (QED) is 0.866. The Bertz CT molecular complexity index is 592. The highest BCUT2D eigenvalue weighted by atomic mass is 16.5. The predicted octanol–water partition coefficient (Wildman–Crippen LogP) is 1.38. The van der Waals surface area contributed by atoms with E-state index in [2.05, 4.69) is 5.32 Å². The monoisotopic (exact) mass is 274 g/mol. The van der Waals surface area contributed by atoms with Gasteiger partial charge in [-0.3, -0.25) is 4.79 Å². The molecule has 0 bridgehead atoms. The van der Waals surface area contributed by atoms with Gasteiger partial charge in [0, 0.05) is 26.0 Å². The van der Waals surface area contributed by atoms with Gasteiger partial charge in [0.25, 0.3) is 5.91 Å². The first kappa shape index (κ1) is 14.1. The number of aliphatic hydroxyl groups excluding tert-OH is 1. The van der Waals surface area contributed by atoms with Crippen molar-refractivity contribution < 1.29 is 14.6 Å². The Labute approximate surface area is 117 Å². The van der Waals surface area contributed by atoms with Crippen molar-refractivity contribution >= 4 is 5.91 Å². The van der Waals surface area contributed by atoms with Crippen molar-refractivity contribution in [1.29, 1.82) is 0 Å². The number of amides is 1. The molecule has 2 rings (SSSR count). The summed E-state index contributed by atoms with van der Waals surface area (Å²) >= 11 is 0. The Morgan fingerprint density at radius 2 is 2.25 bits per heavy atom. The fraction of sp³-hybridized carbons (Fsp3) is 0.267. The van der Waals surface area contributed by atoms with Crippen LogP contribution in [0.1, 0.15) is 17.2 Å². The molecule has 20 heavy (non-hydrogen) atoms. The molecule has 1 atom stereocenters. The van der Waals surface area contributed by atoms with Crippen LogP contribution in [0.25, 0.3) is 0 Å². The molecule has 0 radical (unpaired) electrons. The van der Waals surface area contributed by atoms with Crippen molar-refractivity contribution in [2.24, 2.45) is 7.05 Å². The molecule has 5 heteroatoms. The lowest BCUT2D eigenvalue weighted by atomic mass is 10.1. The van der Waals surface area contributed by atoms with Gasteiger partial charge in [-0.1, -0.05) is 12.1 Å². The molecule has 1 heterocycles. The van der Waals surface area contributed by atoms with Gasteiger partial charge in [-0.05, 0) is 29.3 Å². The maximum Gasteiger partial charge on any atom is 0.253 e. The molecule has 0 saturated carbocycles. The summed E-state index contributed by atoms with van der Waals surface area (Å²) in [4.78, 5) is 11.9. The molecule has 106 valence electrons. The third-order valence-electron chi connectivity index (χ3n) is 3.02. The van der Waals surface area contributed by atoms with Crippen LogP contribution in [-0.2, 0) is 18.4 Å². The van der Waals surface area contributed by atoms with Crippen LogP contribution in [0.15, 0.2) is 42.7 Å². The molecular weight excluding hydrogens is 256 g/mol. The number of rotatable bonds is 5. The largest absolute Gasteiger partial charge is 0.497 e. The average molecular weight is 274 g/mol. The minimum absolute atomic E-state index is 0.390. The SMILES string of the molecule is COc1cccc(C(O)C(=O)NCc2ccn(C)c2)c1. The maximum atomic E-state index is 11.9. The minimum atomic E-state index is -1.20. The van der Waals surface area contributed by atoms with Crippen LogP contribution in [0.2, 0.25) is 0 Å². The van der Waals surface area contributed by atoms with Crippen LogP contribution in [0.5, 0.6) is 5.75 Å². The first-order valence-corrected chi connectivity index (χ1v) is 6.30. The van der Waals surface area contributed by atoms with E-state index in [1.54, 1.807) is 31.4 Å². The number of nitrogens with one attached hydrogen (secondary N) is 1. The summed E-state index contributed by atoms with van der Waals surface area (Å²) < 4.78 is 6.97. The molecule has 2 aromatic rings. The lowest BCUT2D eigenvalue weighted by Gasteiger charge is -2.12. The normalized spacial score (nSPS) is 11.9. The van der Waals surface area contributed by atoms with Gasteiger partial charge in [0.1, 0.15) is 5.75 Å². The van der Waals surface area contributed by atoms with E-state index in [0.29, 0.717) is 17.9 Å². The van der Waals surface area contributed by atoms with Crippen LogP contribution in [0, 0.1) is 0 Å². The molecule has 0 aliphatic carbocycles. The Hall–Kier alpha value is -2.27. The maximum absolute atomic E-state index is 11.9. The Morgan fingerprint density at radius 3 is 2.90 bits per heavy atom. The van der Waals surface area contributed by atoms with Gasteiger partial charge in [-0.15, -0.1) is 0 Å². The van der Waals surface area contributed by atoms with Crippen molar-refractivity contribution in [2.75, 3.05) is 7.11 Å². The minimum Gasteiger partial charge on any atom is -0.497 e. The highest BCUT2D eigenvalue weighted by Gasteiger charge is 2.17. The number of aryl methyl sites for hydroxylation is 1. The van der Waals surface area contributed by atoms with Crippen LogP contribution in [0.4, 0.5) is 0 Å². The number of carbonyl (C=O) groups excluding carboxylic acids is 1. The van der Waals surface area contributed by atoms with Crippen LogP contribution in [0.3, 0.4) is 0 Å². The number of aromatic nitrogens is 1. The topological polar surface area (TPSA) is 63.5 Å². The first-order valence-electron chi connectivity index (χ1n) is 6.30. The molecule has 0 fully saturated rings. The number of aliphatic hydroxyl groups is 1. The highest BCUT2D eigenvalue weighted by Crippen LogP contribution is 2.19. The predicted molar refractivity (Wildman–Crippen MR) is 75.2 cm³/mol. The van der Waals surface area contributed by atoms with Crippen molar-refractivity contribution in [3.8, 4) is 5.75 Å². The van der Waals surface area contributed by atoms with Crippen LogP contribution >= 0.6 is 0 Å². The summed E-state index contributed by atoms with van der Waals surface area (Å²) in [6.45, 7) is 0.390. The number of nitrogens with zero attached hydrogens (tertiary/aromatic N) is 1. The third kappa shape index (κ3) is 3.39. The van der Waals surface area contributed by atoms with E-state index < -0.39 is 12.0 Å². The molecular formula is C15H18N2O3. The number of benzene rings is 1. The second-order valence-electron chi connectivity index (χ2n) is 4.58. The van der Waals surface area contributed by atoms with E-state index in [1.807, 2.05) is 30.1 Å². The molecule has 1 amide bonds. The van der Waals surface area contributed by atoms with Crippen molar-refractivity contribution in [1.82, 2.24) is 9.88 Å². The lowest BCUT2D eigenvalue weighted by molar-refractivity contribution is -0.129. The van der Waals surface area contributed by atoms with Crippen LogP contribution < -0.4 is 10.1 Å². The average Bonchev–Trinajstić information content (AvgIpc) is 2.89. The van der Waals surface area contributed by atoms with E-state index in [4.69, 9.17) is 4.74 Å². The fourth-order valence-corrected chi connectivity index (χ4v) is 1.91. The Kier molecular flexibility index (Phi) is 4.42. The number of carbonyl (C=O) groups is 1. The number of hydrogen-bond donors (Lipinski definition) is 2. The molecule has 1 aromatic heterocycles. The van der Waals surface area contributed by atoms with Gasteiger partial charge in [0.15, 0.2) is 6.10 Å². The zero-order valence-electron chi connectivity index (χ0n) is 11.5. The molecule has 0 saturated heterocycles. The summed E-state index contributed by atoms with van der Waals surface area (Å²) in [6.07, 6.45) is 2.62. The smallest absolute Gasteiger partial charge is 0.253 e. The third-order valence-corrected chi connectivity index (χ3v) is 3.02. The molecule has 2 N–H and O–H groups in total. The van der Waals surface area contributed by atoms with Gasteiger partial charge in [-0.25, -0.2) is 0 Å². The van der Waals surface area contributed by atoms with Crippen molar-refractivity contribution in [3.63, 3.8) is 0 Å². The molecule has 5 nitrogen and oxygen atoms in total. The fourth-order valence-electron chi connectivity index (χ4n) is 1.91. The van der Waals surface area contributed by atoms with Gasteiger partial charge in [0.05, 0.1) is 7.11 Å². The van der Waals surface area contributed by atoms with E-state index in [1.165, 1.54) is 0 Å². The van der Waals surface area contributed by atoms with Gasteiger partial charge < -0.3 is 19.7 Å². The van der Waals surface area contributed by atoms with Gasteiger partial charge in [0.2, 0.25) is 0 Å². The number of ether oxygens (including phenoxy) is 1. The Balaban J connectivity index is 1.97. The van der Waals surface area contributed by atoms with Crippen LogP contribution in [-0.4, -0.2) is 22.7 Å². The summed E-state index contributed by atoms with van der Waals surface area (Å²) in [5.41, 5.74) is 1.49. The standard InChI is InChI=1S/C15H18N2O3/c1-17-7-6-11(10-17)9-16-15(19)14(18)12-4-3-5-13(8-12)20-2/h3-8,10,14,18H,9H2,1-2H3,(H,16,19). The second-order valence-corrected chi connectivity index (χ2v) is 4.58. The van der Waals surface area contributed by atoms with Crippen molar-refractivity contribution in [2.45, 2.75) is 12.6 Å². The van der Waals surface area contributed by atoms with E-state index in [-0.39, 0.29) is 0 Å². The highest BCUT2D eigenvalue weighted by molar-refractivity contribution is 5.82. The number of hydrogen-bond acceptors (Lipinski definition) is 3. The zero-order chi connectivity index (χ0) is 14.5. The van der Waals surface area contributed by atoms with E-state index in [0.717, 1.165) is 5.56 Å². The molecule has 1 unspecified atom stereocenters. The molecule has 0 aliphatic heterocycles. The second kappa shape index (κ2) is 6.25. The lowest BCUT2D eigenvalue weighted by Crippen LogP contribution is -2.28. The number of methoxy groups -OCH3 is 1. The van der Waals surface area contributed by atoms with E-state index >= 15 is 0 Å². The zero-order valence-corrected chi connectivity index (χ0v) is 11.5. The summed E-state index contributed by atoms with van der Waals surface area (Å²) in [5, 5.41) is 12.7. The Morgan fingerprint density at radius 1 is 1.45 bits per heavy atom. The first-order chi connectivity index (χ1) is 9.60. The van der Waals surface area contributed by atoms with E-state index in [9.17, 15) is 9.90 Å². The molecule has 1 aromatic carbocycles. The summed E-state index contributed by atoms with van der Waals surface area (Å²) in [6, 6.07) is 8.75.